The van der Waals surface area contributed by atoms with Crippen molar-refractivity contribution in [1.29, 1.82) is 5.41 Å². The van der Waals surface area contributed by atoms with Gasteiger partial charge < -0.3 is 14.7 Å². The van der Waals surface area contributed by atoms with Gasteiger partial charge >= 0.3 is 5.97 Å². The van der Waals surface area contributed by atoms with Crippen molar-refractivity contribution < 1.29 is 19.0 Å². The molecule has 0 saturated carbocycles. The number of benzene rings is 2. The fourth-order valence-electron chi connectivity index (χ4n) is 1.97. The van der Waals surface area contributed by atoms with Crippen LogP contribution in [0.2, 0.25) is 5.02 Å². The predicted octanol–water partition coefficient (Wildman–Crippen LogP) is 4.58. The van der Waals surface area contributed by atoms with Crippen LogP contribution in [0.5, 0.6) is 11.5 Å². The number of aromatic carboxylic acids is 1. The van der Waals surface area contributed by atoms with Gasteiger partial charge in [-0.1, -0.05) is 11.6 Å². The van der Waals surface area contributed by atoms with Crippen molar-refractivity contribution in [1.82, 2.24) is 14.9 Å². The lowest BCUT2D eigenvalue weighted by molar-refractivity contribution is 0.0690. The molecule has 9 heteroatoms. The molecule has 1 aromatic heterocycles. The molecule has 0 aliphatic rings. The van der Waals surface area contributed by atoms with Crippen molar-refractivity contribution in [3.8, 4) is 22.9 Å². The van der Waals surface area contributed by atoms with Gasteiger partial charge in [-0.05, 0) is 48.5 Å². The van der Waals surface area contributed by atoms with Gasteiger partial charge in [0.2, 0.25) is 0 Å². The lowest BCUT2D eigenvalue weighted by Gasteiger charge is -2.08. The summed E-state index contributed by atoms with van der Waals surface area (Å²) in [5, 5.41) is 15.7. The molecular formula is C20H18ClFN4O3. The van der Waals surface area contributed by atoms with E-state index in [1.54, 1.807) is 29.2 Å². The third kappa shape index (κ3) is 6.54. The molecule has 0 aliphatic carbocycles. The fraction of sp³-hybridized carbons (Fsp3) is 0.100. The molecule has 7 nitrogen and oxygen atoms in total. The minimum Gasteiger partial charge on any atom is -0.477 e. The number of hydrogen-bond acceptors (Lipinski definition) is 5. The zero-order valence-electron chi connectivity index (χ0n) is 15.6. The van der Waals surface area contributed by atoms with Crippen LogP contribution in [0, 0.1) is 11.2 Å². The molecule has 2 N–H and O–H groups in total. The fourth-order valence-corrected chi connectivity index (χ4v) is 2.13. The van der Waals surface area contributed by atoms with Crippen LogP contribution < -0.4 is 4.74 Å². The van der Waals surface area contributed by atoms with Crippen LogP contribution in [0.15, 0.2) is 54.7 Å². The number of nitrogens with zero attached hydrogens (tertiary/aromatic N) is 3. The summed E-state index contributed by atoms with van der Waals surface area (Å²) in [6.45, 7) is 0. The SMILES string of the molecule is CN(C)C=N.O=C(O)c1ccnc(-c2ccc(Oc3ccc(Cl)cc3F)cc2)n1. The Kier molecular flexibility index (Phi) is 7.62. The summed E-state index contributed by atoms with van der Waals surface area (Å²) in [4.78, 5) is 20.6. The Balaban J connectivity index is 0.000000537. The minimum absolute atomic E-state index is 0.0521. The van der Waals surface area contributed by atoms with Crippen molar-refractivity contribution in [3.05, 3.63) is 71.3 Å². The number of nitrogens with one attached hydrogen (secondary N) is 1. The molecule has 3 rings (SSSR count). The molecule has 0 unspecified atom stereocenters. The molecule has 0 bridgehead atoms. The third-order valence-electron chi connectivity index (χ3n) is 3.37. The van der Waals surface area contributed by atoms with Crippen LogP contribution in [0.1, 0.15) is 10.5 Å². The van der Waals surface area contributed by atoms with E-state index in [0.29, 0.717) is 11.3 Å². The molecule has 0 fully saturated rings. The first kappa shape index (κ1) is 21.8. The number of hydrogen-bond donors (Lipinski definition) is 2. The maximum atomic E-state index is 13.7. The van der Waals surface area contributed by atoms with Crippen LogP contribution >= 0.6 is 11.6 Å². The Morgan fingerprint density at radius 1 is 1.21 bits per heavy atom. The maximum absolute atomic E-state index is 13.7. The predicted molar refractivity (Wildman–Crippen MR) is 108 cm³/mol. The molecule has 150 valence electrons. The second-order valence-corrected chi connectivity index (χ2v) is 6.30. The Morgan fingerprint density at radius 3 is 2.41 bits per heavy atom. The van der Waals surface area contributed by atoms with Crippen LogP contribution in [-0.4, -0.2) is 46.4 Å². The molecule has 29 heavy (non-hydrogen) atoms. The monoisotopic (exact) mass is 416 g/mol. The van der Waals surface area contributed by atoms with E-state index < -0.39 is 11.8 Å². The van der Waals surface area contributed by atoms with Gasteiger partial charge in [-0.15, -0.1) is 0 Å². The number of carbonyl (C=O) groups is 1. The first-order valence-electron chi connectivity index (χ1n) is 8.27. The van der Waals surface area contributed by atoms with Crippen molar-refractivity contribution in [2.24, 2.45) is 0 Å². The van der Waals surface area contributed by atoms with Crippen molar-refractivity contribution >= 4 is 23.9 Å². The van der Waals surface area contributed by atoms with Crippen molar-refractivity contribution in [3.63, 3.8) is 0 Å². The van der Waals surface area contributed by atoms with Gasteiger partial charge in [-0.3, -0.25) is 5.41 Å². The third-order valence-corrected chi connectivity index (χ3v) is 3.60. The molecule has 0 amide bonds. The number of rotatable bonds is 5. The lowest BCUT2D eigenvalue weighted by atomic mass is 10.2. The van der Waals surface area contributed by atoms with E-state index in [-0.39, 0.29) is 22.3 Å². The van der Waals surface area contributed by atoms with E-state index in [1.165, 1.54) is 30.7 Å². The summed E-state index contributed by atoms with van der Waals surface area (Å²) >= 11 is 5.69. The highest BCUT2D eigenvalue weighted by atomic mass is 35.5. The van der Waals surface area contributed by atoms with E-state index in [0.717, 1.165) is 6.07 Å². The van der Waals surface area contributed by atoms with Gasteiger partial charge in [0.25, 0.3) is 0 Å². The van der Waals surface area contributed by atoms with Crippen LogP contribution in [0.3, 0.4) is 0 Å². The Hall–Kier alpha value is -3.52. The van der Waals surface area contributed by atoms with Gasteiger partial charge in [0.15, 0.2) is 23.1 Å². The van der Waals surface area contributed by atoms with Gasteiger partial charge in [0.1, 0.15) is 5.75 Å². The number of halogens is 2. The largest absolute Gasteiger partial charge is 0.477 e. The summed E-state index contributed by atoms with van der Waals surface area (Å²) in [6.07, 6.45) is 2.62. The normalized spacial score (nSPS) is 9.79. The number of carboxylic acid groups (broad SMARTS) is 1. The van der Waals surface area contributed by atoms with Crippen LogP contribution in [-0.2, 0) is 0 Å². The van der Waals surface area contributed by atoms with E-state index in [2.05, 4.69) is 9.97 Å². The van der Waals surface area contributed by atoms with Crippen LogP contribution in [0.4, 0.5) is 4.39 Å². The second kappa shape index (κ2) is 10.1. The van der Waals surface area contributed by atoms with E-state index >= 15 is 0 Å². The summed E-state index contributed by atoms with van der Waals surface area (Å²) in [5.41, 5.74) is 0.519. The molecule has 0 atom stereocenters. The summed E-state index contributed by atoms with van der Waals surface area (Å²) in [6, 6.07) is 12.0. The molecule has 3 aromatic rings. The average molecular weight is 417 g/mol. The Labute approximate surface area is 171 Å². The summed E-state index contributed by atoms with van der Waals surface area (Å²) < 4.78 is 19.2. The average Bonchev–Trinajstić information content (AvgIpc) is 2.71. The highest BCUT2D eigenvalue weighted by Gasteiger charge is 2.09. The molecule has 0 aliphatic heterocycles. The maximum Gasteiger partial charge on any atom is 0.354 e. The Bertz CT molecular complexity index is 997. The molecule has 2 aromatic carbocycles. The molecular weight excluding hydrogens is 399 g/mol. The minimum atomic E-state index is -1.13. The molecule has 0 spiro atoms. The zero-order valence-corrected chi connectivity index (χ0v) is 16.4. The number of aromatic nitrogens is 2. The van der Waals surface area contributed by atoms with Crippen molar-refractivity contribution in [2.45, 2.75) is 0 Å². The second-order valence-electron chi connectivity index (χ2n) is 5.86. The first-order valence-corrected chi connectivity index (χ1v) is 8.64. The smallest absolute Gasteiger partial charge is 0.354 e. The van der Waals surface area contributed by atoms with E-state index in [4.69, 9.17) is 26.9 Å². The van der Waals surface area contributed by atoms with Gasteiger partial charge in [0.05, 0.1) is 6.34 Å². The molecule has 0 saturated heterocycles. The van der Waals surface area contributed by atoms with Crippen LogP contribution in [0.25, 0.3) is 11.4 Å². The molecule has 0 radical (unpaired) electrons. The highest BCUT2D eigenvalue weighted by molar-refractivity contribution is 6.30. The van der Waals surface area contributed by atoms with Gasteiger partial charge in [-0.25, -0.2) is 19.2 Å². The zero-order chi connectivity index (χ0) is 21.4. The van der Waals surface area contributed by atoms with Gasteiger partial charge in [-0.2, -0.15) is 0 Å². The van der Waals surface area contributed by atoms with E-state index in [9.17, 15) is 9.18 Å². The molecule has 1 heterocycles. The highest BCUT2D eigenvalue weighted by Crippen LogP contribution is 2.28. The van der Waals surface area contributed by atoms with Crippen molar-refractivity contribution in [2.75, 3.05) is 14.1 Å². The number of ether oxygens (including phenoxy) is 1. The van der Waals surface area contributed by atoms with E-state index in [1.807, 2.05) is 14.1 Å². The first-order chi connectivity index (χ1) is 13.8. The summed E-state index contributed by atoms with van der Waals surface area (Å²) in [5.74, 6) is -0.953. The topological polar surface area (TPSA) is 99.4 Å². The Morgan fingerprint density at radius 2 is 1.86 bits per heavy atom. The van der Waals surface area contributed by atoms with Gasteiger partial charge in [0, 0.05) is 30.9 Å². The standard InChI is InChI=1S/C17H10ClFN2O3.C3H8N2/c18-11-3-6-15(13(19)9-11)24-12-4-1-10(2-5-12)16-20-8-7-14(21-16)17(22)23;1-5(2)3-4/h1-9H,(H,22,23);3-4H,1-2H3. The number of carboxylic acids is 1. The quantitative estimate of drug-likeness (QED) is 0.466. The summed E-state index contributed by atoms with van der Waals surface area (Å²) in [7, 11) is 3.62. The lowest BCUT2D eigenvalue weighted by Crippen LogP contribution is -2.05.